The molecule has 0 radical (unpaired) electrons. The van der Waals surface area contributed by atoms with Crippen molar-refractivity contribution < 1.29 is 22.3 Å². The molecule has 5 rings (SSSR count). The lowest BCUT2D eigenvalue weighted by Crippen LogP contribution is -2.41. The summed E-state index contributed by atoms with van der Waals surface area (Å²) in [4.78, 5) is 22.5. The van der Waals surface area contributed by atoms with E-state index >= 15 is 0 Å². The van der Waals surface area contributed by atoms with Gasteiger partial charge in [-0.25, -0.2) is 17.8 Å². The number of nitrogens with one attached hydrogen (secondary N) is 2. The highest BCUT2D eigenvalue weighted by molar-refractivity contribution is 7.92. The number of sulfonamides is 1. The van der Waals surface area contributed by atoms with Gasteiger partial charge in [0.2, 0.25) is 6.01 Å². The molecule has 1 atom stereocenters. The van der Waals surface area contributed by atoms with Gasteiger partial charge in [-0.15, -0.1) is 0 Å². The van der Waals surface area contributed by atoms with Gasteiger partial charge >= 0.3 is 0 Å². The van der Waals surface area contributed by atoms with Gasteiger partial charge in [0.05, 0.1) is 29.6 Å². The summed E-state index contributed by atoms with van der Waals surface area (Å²) < 4.78 is 44.5. The summed E-state index contributed by atoms with van der Waals surface area (Å²) in [7, 11) is -4.09. The molecular formula is C26H34FN5O4S. The van der Waals surface area contributed by atoms with E-state index in [-0.39, 0.29) is 17.7 Å². The minimum Gasteiger partial charge on any atom is -0.375 e. The number of carbonyl (C=O) groups excluding carboxylic acids is 1. The zero-order chi connectivity index (χ0) is 26.2. The average Bonchev–Trinajstić information content (AvgIpc) is 3.62. The quantitative estimate of drug-likeness (QED) is 0.558. The number of aryl methyl sites for hydroxylation is 1. The molecule has 1 saturated carbocycles. The van der Waals surface area contributed by atoms with Crippen molar-refractivity contribution in [1.82, 2.24) is 4.98 Å². The van der Waals surface area contributed by atoms with E-state index in [4.69, 9.17) is 9.72 Å². The summed E-state index contributed by atoms with van der Waals surface area (Å²) in [6, 6.07) is 7.00. The SMILES string of the molecule is Cc1cc(NC(=O)c2ccc(NS(=O)(=O)CF)cc2N2CCC3(CC2)CC3)nc(N2CCO[C@H](C)C2)c1. The van der Waals surface area contributed by atoms with Gasteiger partial charge in [-0.1, -0.05) is 0 Å². The van der Waals surface area contributed by atoms with Crippen LogP contribution in [0.15, 0.2) is 30.3 Å². The van der Waals surface area contributed by atoms with Gasteiger partial charge in [0, 0.05) is 26.2 Å². The van der Waals surface area contributed by atoms with E-state index in [0.717, 1.165) is 50.4 Å². The first-order valence-corrected chi connectivity index (χ1v) is 14.4. The van der Waals surface area contributed by atoms with Crippen molar-refractivity contribution in [2.24, 2.45) is 5.41 Å². The van der Waals surface area contributed by atoms with Crippen molar-refractivity contribution in [2.75, 3.05) is 58.6 Å². The summed E-state index contributed by atoms with van der Waals surface area (Å²) in [6.07, 6.45) is 4.66. The van der Waals surface area contributed by atoms with Gasteiger partial charge in [0.25, 0.3) is 15.9 Å². The van der Waals surface area contributed by atoms with Crippen molar-refractivity contribution in [3.63, 3.8) is 0 Å². The normalized spacial score (nSPS) is 21.1. The third-order valence-corrected chi connectivity index (χ3v) is 8.38. The van der Waals surface area contributed by atoms with Crippen LogP contribution in [0.25, 0.3) is 0 Å². The number of benzene rings is 1. The molecule has 2 aromatic rings. The molecule has 1 aliphatic carbocycles. The number of halogens is 1. The fraction of sp³-hybridized carbons (Fsp3) is 0.538. The van der Waals surface area contributed by atoms with Gasteiger partial charge in [0.1, 0.15) is 11.6 Å². The number of piperidine rings is 1. The molecule has 2 N–H and O–H groups in total. The number of alkyl halides is 1. The summed E-state index contributed by atoms with van der Waals surface area (Å²) in [6.45, 7) is 7.62. The maximum atomic E-state index is 13.5. The maximum absolute atomic E-state index is 13.5. The molecule has 0 bridgehead atoms. The van der Waals surface area contributed by atoms with Crippen LogP contribution in [0.3, 0.4) is 0 Å². The molecule has 0 unspecified atom stereocenters. The van der Waals surface area contributed by atoms with Crippen LogP contribution in [0.2, 0.25) is 0 Å². The second kappa shape index (κ2) is 10.1. The molecule has 1 aromatic heterocycles. The zero-order valence-corrected chi connectivity index (χ0v) is 22.1. The van der Waals surface area contributed by atoms with E-state index in [2.05, 4.69) is 19.8 Å². The number of hydrogen-bond acceptors (Lipinski definition) is 7. The number of ether oxygens (including phenoxy) is 1. The number of hydrogen-bond donors (Lipinski definition) is 2. The third-order valence-electron chi connectivity index (χ3n) is 7.54. The van der Waals surface area contributed by atoms with Gasteiger partial charge in [-0.3, -0.25) is 9.52 Å². The molecule has 37 heavy (non-hydrogen) atoms. The summed E-state index contributed by atoms with van der Waals surface area (Å²) in [5.74, 6) is 0.899. The lowest BCUT2D eigenvalue weighted by molar-refractivity contribution is 0.0529. The Kier molecular flexibility index (Phi) is 7.01. The molecule has 3 aliphatic rings. The molecule has 1 amide bonds. The summed E-state index contributed by atoms with van der Waals surface area (Å²) in [5, 5.41) is 2.94. The molecule has 200 valence electrons. The smallest absolute Gasteiger partial charge is 0.262 e. The molecule has 9 nitrogen and oxygen atoms in total. The van der Waals surface area contributed by atoms with Crippen LogP contribution in [-0.4, -0.2) is 64.2 Å². The Hall–Kier alpha value is -2.92. The Morgan fingerprint density at radius 3 is 2.57 bits per heavy atom. The van der Waals surface area contributed by atoms with Crippen molar-refractivity contribution in [2.45, 2.75) is 45.6 Å². The zero-order valence-electron chi connectivity index (χ0n) is 21.3. The Balaban J connectivity index is 1.41. The summed E-state index contributed by atoms with van der Waals surface area (Å²) >= 11 is 0. The number of nitrogens with zero attached hydrogens (tertiary/aromatic N) is 3. The topological polar surface area (TPSA) is 104 Å². The minimum absolute atomic E-state index is 0.101. The first-order valence-electron chi connectivity index (χ1n) is 12.8. The van der Waals surface area contributed by atoms with Crippen LogP contribution < -0.4 is 19.8 Å². The Labute approximate surface area is 217 Å². The van der Waals surface area contributed by atoms with E-state index < -0.39 is 16.0 Å². The first-order chi connectivity index (χ1) is 17.7. The fourth-order valence-electron chi connectivity index (χ4n) is 5.24. The van der Waals surface area contributed by atoms with Crippen LogP contribution in [-0.2, 0) is 14.8 Å². The second-order valence-electron chi connectivity index (χ2n) is 10.5. The standard InChI is InChI=1S/C26H34FN5O4S/c1-18-13-23(28-24(14-18)32-11-12-36-19(2)16-32)29-25(33)21-4-3-20(30-37(34,35)17-27)15-22(21)31-9-7-26(5-6-26)8-10-31/h3-4,13-15,19,30H,5-12,16-17H2,1-2H3,(H,28,29,33)/t19-/m1/s1. The largest absolute Gasteiger partial charge is 0.375 e. The van der Waals surface area contributed by atoms with E-state index in [1.165, 1.54) is 18.9 Å². The van der Waals surface area contributed by atoms with E-state index in [0.29, 0.717) is 29.1 Å². The van der Waals surface area contributed by atoms with Gasteiger partial charge in [0.15, 0.2) is 0 Å². The number of rotatable bonds is 7. The Bertz CT molecular complexity index is 1270. The number of amides is 1. The molecule has 3 heterocycles. The summed E-state index contributed by atoms with van der Waals surface area (Å²) in [5.41, 5.74) is 2.68. The second-order valence-corrected chi connectivity index (χ2v) is 12.2. The number of morpholine rings is 1. The van der Waals surface area contributed by atoms with Crippen LogP contribution in [0.1, 0.15) is 48.5 Å². The molecule has 2 saturated heterocycles. The number of pyridine rings is 1. The van der Waals surface area contributed by atoms with Crippen LogP contribution in [0, 0.1) is 12.3 Å². The Morgan fingerprint density at radius 2 is 1.89 bits per heavy atom. The predicted molar refractivity (Wildman–Crippen MR) is 143 cm³/mol. The highest BCUT2D eigenvalue weighted by Crippen LogP contribution is 2.54. The van der Waals surface area contributed by atoms with Crippen molar-refractivity contribution in [3.05, 3.63) is 41.5 Å². The van der Waals surface area contributed by atoms with Crippen LogP contribution in [0.5, 0.6) is 0 Å². The van der Waals surface area contributed by atoms with Crippen LogP contribution >= 0.6 is 0 Å². The predicted octanol–water partition coefficient (Wildman–Crippen LogP) is 3.92. The van der Waals surface area contributed by atoms with E-state index in [1.54, 1.807) is 12.1 Å². The van der Waals surface area contributed by atoms with E-state index in [9.17, 15) is 17.6 Å². The monoisotopic (exact) mass is 531 g/mol. The molecule has 1 spiro atoms. The highest BCUT2D eigenvalue weighted by atomic mass is 32.2. The molecule has 1 aromatic carbocycles. The molecule has 3 fully saturated rings. The molecule has 2 aliphatic heterocycles. The van der Waals surface area contributed by atoms with Crippen molar-refractivity contribution >= 4 is 38.9 Å². The number of anilines is 4. The van der Waals surface area contributed by atoms with E-state index in [1.807, 2.05) is 26.0 Å². The minimum atomic E-state index is -4.09. The van der Waals surface area contributed by atoms with Crippen LogP contribution in [0.4, 0.5) is 27.4 Å². The first kappa shape index (κ1) is 25.7. The maximum Gasteiger partial charge on any atom is 0.262 e. The third kappa shape index (κ3) is 5.98. The lowest BCUT2D eigenvalue weighted by atomic mass is 9.93. The molecular weight excluding hydrogens is 497 g/mol. The highest BCUT2D eigenvalue weighted by Gasteiger charge is 2.44. The van der Waals surface area contributed by atoms with Gasteiger partial charge in [-0.2, -0.15) is 0 Å². The number of carbonyl (C=O) groups is 1. The van der Waals surface area contributed by atoms with Crippen molar-refractivity contribution in [3.8, 4) is 0 Å². The average molecular weight is 532 g/mol. The lowest BCUT2D eigenvalue weighted by Gasteiger charge is -2.35. The number of aromatic nitrogens is 1. The Morgan fingerprint density at radius 1 is 1.14 bits per heavy atom. The van der Waals surface area contributed by atoms with Gasteiger partial charge < -0.3 is 19.9 Å². The molecule has 11 heteroatoms. The van der Waals surface area contributed by atoms with Gasteiger partial charge in [-0.05, 0) is 80.8 Å². The fourth-order valence-corrected chi connectivity index (χ4v) is 5.78. The van der Waals surface area contributed by atoms with Crippen molar-refractivity contribution in [1.29, 1.82) is 0 Å².